The summed E-state index contributed by atoms with van der Waals surface area (Å²) in [6.45, 7) is 8.88. The second-order valence-electron chi connectivity index (χ2n) is 12.3. The average Bonchev–Trinajstić information content (AvgIpc) is 3.70. The molecule has 4 aromatic rings. The van der Waals surface area contributed by atoms with Crippen molar-refractivity contribution in [2.75, 3.05) is 20.2 Å². The third-order valence-corrected chi connectivity index (χ3v) is 8.30. The predicted molar refractivity (Wildman–Crippen MR) is 172 cm³/mol. The topological polar surface area (TPSA) is 94.6 Å². The van der Waals surface area contributed by atoms with Crippen molar-refractivity contribution in [2.24, 2.45) is 11.7 Å². The third-order valence-electron chi connectivity index (χ3n) is 8.30. The zero-order valence-electron chi connectivity index (χ0n) is 25.9. The van der Waals surface area contributed by atoms with Crippen LogP contribution in [0.2, 0.25) is 0 Å². The van der Waals surface area contributed by atoms with Gasteiger partial charge in [0, 0.05) is 56.0 Å². The van der Waals surface area contributed by atoms with E-state index in [0.29, 0.717) is 12.2 Å². The number of esters is 1. The van der Waals surface area contributed by atoms with Gasteiger partial charge in [-0.1, -0.05) is 48.5 Å². The summed E-state index contributed by atoms with van der Waals surface area (Å²) in [5.74, 6) is 0.838. The Kier molecular flexibility index (Phi) is 8.19. The van der Waals surface area contributed by atoms with Gasteiger partial charge in [0.2, 0.25) is 0 Å². The van der Waals surface area contributed by atoms with Gasteiger partial charge in [0.05, 0.1) is 24.2 Å². The van der Waals surface area contributed by atoms with Crippen LogP contribution in [0.5, 0.6) is 5.75 Å². The molecule has 8 heteroatoms. The molecule has 44 heavy (non-hydrogen) atoms. The molecule has 1 aliphatic heterocycles. The molecule has 3 aromatic carbocycles. The number of nitrogens with one attached hydrogen (secondary N) is 1. The minimum Gasteiger partial charge on any atom is -0.486 e. The van der Waals surface area contributed by atoms with Gasteiger partial charge in [0.1, 0.15) is 16.9 Å². The third kappa shape index (κ3) is 6.21. The molecule has 228 valence electrons. The van der Waals surface area contributed by atoms with Crippen LogP contribution in [0, 0.1) is 5.92 Å². The van der Waals surface area contributed by atoms with Gasteiger partial charge in [-0.15, -0.1) is 0 Å². The number of carbonyl (C=O) groups is 1. The van der Waals surface area contributed by atoms with E-state index in [1.807, 2.05) is 43.1 Å². The number of rotatable bonds is 9. The fourth-order valence-corrected chi connectivity index (χ4v) is 6.36. The van der Waals surface area contributed by atoms with Crippen molar-refractivity contribution in [3.63, 3.8) is 0 Å². The first-order valence-corrected chi connectivity index (χ1v) is 15.3. The van der Waals surface area contributed by atoms with Gasteiger partial charge >= 0.3 is 5.97 Å². The zero-order chi connectivity index (χ0) is 30.8. The lowest BCUT2D eigenvalue weighted by atomic mass is 10.0. The molecule has 6 rings (SSSR count). The maximum Gasteiger partial charge on any atom is 0.341 e. The van der Waals surface area contributed by atoms with Crippen molar-refractivity contribution in [1.82, 2.24) is 20.0 Å². The molecule has 8 nitrogen and oxygen atoms in total. The Balaban J connectivity index is 1.29. The maximum atomic E-state index is 12.9. The molecule has 2 aliphatic rings. The minimum absolute atomic E-state index is 0.0838. The number of carbonyl (C=O) groups excluding carboxylic acids is 1. The van der Waals surface area contributed by atoms with E-state index >= 15 is 0 Å². The van der Waals surface area contributed by atoms with Crippen LogP contribution in [0.3, 0.4) is 0 Å². The minimum atomic E-state index is -0.357. The highest BCUT2D eigenvalue weighted by atomic mass is 16.5. The fraction of sp³-hybridized carbons (Fsp3) is 0.333. The van der Waals surface area contributed by atoms with Gasteiger partial charge < -0.3 is 20.5 Å². The Bertz CT molecular complexity index is 1690. The highest BCUT2D eigenvalue weighted by molar-refractivity contribution is 5.91. The number of aromatic nitrogens is 2. The molecule has 1 fully saturated rings. The molecule has 0 bridgehead atoms. The van der Waals surface area contributed by atoms with Crippen molar-refractivity contribution in [3.8, 4) is 22.6 Å². The number of allylic oxidation sites excluding steroid dienone is 1. The van der Waals surface area contributed by atoms with Crippen molar-refractivity contribution < 1.29 is 14.3 Å². The first-order chi connectivity index (χ1) is 21.3. The molecule has 2 atom stereocenters. The zero-order valence-corrected chi connectivity index (χ0v) is 25.9. The second-order valence-corrected chi connectivity index (χ2v) is 12.3. The van der Waals surface area contributed by atoms with Gasteiger partial charge in [-0.3, -0.25) is 4.90 Å². The quantitative estimate of drug-likeness (QED) is 0.230. The second kappa shape index (κ2) is 12.2. The number of ether oxygens (including phenoxy) is 2. The van der Waals surface area contributed by atoms with Gasteiger partial charge in [-0.25, -0.2) is 9.48 Å². The molecular formula is C36H41N5O3. The summed E-state index contributed by atoms with van der Waals surface area (Å²) in [5, 5.41) is 7.70. The molecule has 3 N–H and O–H groups in total. The summed E-state index contributed by atoms with van der Waals surface area (Å²) >= 11 is 0. The number of nitrogens with two attached hydrogens (primary N) is 1. The van der Waals surface area contributed by atoms with E-state index in [4.69, 9.17) is 15.2 Å². The van der Waals surface area contributed by atoms with E-state index in [-0.39, 0.29) is 23.4 Å². The van der Waals surface area contributed by atoms with Crippen LogP contribution in [0.25, 0.3) is 16.8 Å². The standard InChI is InChI=1S/C36H41N5O3/c1-5-43-35(42)31-19-39-41(34(31)30-18-29(30)32(37)20-38-4)28-14-9-13-26(17-28)25-12-8-10-24(16-25)21-40-22-27-11-6-7-15-33(27)44-36(2,3)23-40/h6-17,19-20,29-30,38H,5,18,21-23,37H2,1-4H3/b32-20-/t29?,30-/m1/s1. The van der Waals surface area contributed by atoms with Gasteiger partial charge in [0.25, 0.3) is 0 Å². The van der Waals surface area contributed by atoms with E-state index in [2.05, 4.69) is 83.8 Å². The number of benzene rings is 3. The Hall–Kier alpha value is -4.56. The van der Waals surface area contributed by atoms with Gasteiger partial charge in [0.15, 0.2) is 0 Å². The monoisotopic (exact) mass is 591 g/mol. The summed E-state index contributed by atoms with van der Waals surface area (Å²) in [5.41, 5.74) is 13.7. The number of nitrogens with zero attached hydrogens (tertiary/aromatic N) is 3. The summed E-state index contributed by atoms with van der Waals surface area (Å²) in [7, 11) is 1.83. The van der Waals surface area contributed by atoms with E-state index in [0.717, 1.165) is 60.0 Å². The summed E-state index contributed by atoms with van der Waals surface area (Å²) in [6.07, 6.45) is 4.30. The van der Waals surface area contributed by atoms with Crippen LogP contribution in [-0.4, -0.2) is 46.5 Å². The lowest BCUT2D eigenvalue weighted by Crippen LogP contribution is -2.40. The van der Waals surface area contributed by atoms with Crippen LogP contribution in [0.15, 0.2) is 90.9 Å². The Labute approximate surface area is 259 Å². The average molecular weight is 592 g/mol. The fourth-order valence-electron chi connectivity index (χ4n) is 6.36. The van der Waals surface area contributed by atoms with Crippen LogP contribution in [0.1, 0.15) is 60.3 Å². The molecule has 1 aliphatic carbocycles. The van der Waals surface area contributed by atoms with E-state index in [9.17, 15) is 4.79 Å². The smallest absolute Gasteiger partial charge is 0.341 e. The van der Waals surface area contributed by atoms with E-state index < -0.39 is 0 Å². The molecule has 0 amide bonds. The molecule has 1 aromatic heterocycles. The molecule has 0 spiro atoms. The number of hydrogen-bond acceptors (Lipinski definition) is 7. The van der Waals surface area contributed by atoms with Gasteiger partial charge in [-0.05, 0) is 68.1 Å². The van der Waals surface area contributed by atoms with Crippen LogP contribution < -0.4 is 15.8 Å². The SMILES string of the molecule is CCOC(=O)c1cnn(-c2cccc(-c3cccc(CN4Cc5ccccc5OC(C)(C)C4)c3)c2)c1[C@@H]1CC1/C(N)=C/NC. The largest absolute Gasteiger partial charge is 0.486 e. The molecule has 2 heterocycles. The number of fused-ring (bicyclic) bond motifs is 1. The first kappa shape index (κ1) is 29.5. The molecule has 1 saturated carbocycles. The number of para-hydroxylation sites is 1. The van der Waals surface area contributed by atoms with Crippen LogP contribution in [-0.2, 0) is 17.8 Å². The molecule has 1 unspecified atom stereocenters. The normalized spacial score (nSPS) is 19.4. The molecule has 0 radical (unpaired) electrons. The highest BCUT2D eigenvalue weighted by Gasteiger charge is 2.45. The molecular weight excluding hydrogens is 550 g/mol. The van der Waals surface area contributed by atoms with Crippen LogP contribution in [0.4, 0.5) is 0 Å². The highest BCUT2D eigenvalue weighted by Crippen LogP contribution is 2.51. The lowest BCUT2D eigenvalue weighted by molar-refractivity contribution is 0.0524. The van der Waals surface area contributed by atoms with Crippen molar-refractivity contribution in [1.29, 1.82) is 0 Å². The lowest BCUT2D eigenvalue weighted by Gasteiger charge is -2.29. The van der Waals surface area contributed by atoms with Crippen molar-refractivity contribution in [2.45, 2.75) is 51.8 Å². The molecule has 0 saturated heterocycles. The number of hydrogen-bond donors (Lipinski definition) is 2. The predicted octanol–water partition coefficient (Wildman–Crippen LogP) is 6.01. The first-order valence-electron chi connectivity index (χ1n) is 15.3. The summed E-state index contributed by atoms with van der Waals surface area (Å²) in [6, 6.07) is 25.3. The Morgan fingerprint density at radius 2 is 1.89 bits per heavy atom. The Morgan fingerprint density at radius 1 is 1.11 bits per heavy atom. The van der Waals surface area contributed by atoms with Crippen LogP contribution >= 0.6 is 0 Å². The van der Waals surface area contributed by atoms with E-state index in [1.54, 1.807) is 6.20 Å². The van der Waals surface area contributed by atoms with E-state index in [1.165, 1.54) is 11.1 Å². The summed E-state index contributed by atoms with van der Waals surface area (Å²) < 4.78 is 13.6. The van der Waals surface area contributed by atoms with Crippen molar-refractivity contribution >= 4 is 5.97 Å². The summed E-state index contributed by atoms with van der Waals surface area (Å²) in [4.78, 5) is 15.4. The van der Waals surface area contributed by atoms with Crippen molar-refractivity contribution in [3.05, 3.63) is 113 Å². The van der Waals surface area contributed by atoms with Gasteiger partial charge in [-0.2, -0.15) is 5.10 Å². The maximum absolute atomic E-state index is 12.9. The Morgan fingerprint density at radius 3 is 2.68 bits per heavy atom.